The van der Waals surface area contributed by atoms with Gasteiger partial charge in [-0.05, 0) is 0 Å². The Morgan fingerprint density at radius 3 is 1.43 bits per heavy atom. The normalized spacial score (nSPS) is 8.43. The molecule has 0 heterocycles. The maximum absolute atomic E-state index is 8.77. The first-order chi connectivity index (χ1) is 2.00. The van der Waals surface area contributed by atoms with Crippen molar-refractivity contribution >= 4 is 30.9 Å². The predicted molar refractivity (Wildman–Crippen MR) is 17.8 cm³/mol. The zero-order valence-electron chi connectivity index (χ0n) is 3.24. The molecule has 4 nitrogen and oxygen atoms in total. The smallest absolute Gasteiger partial charge is 1.00 e. The maximum atomic E-state index is 8.77. The molecular formula is H2ClMgO4P. The van der Waals surface area contributed by atoms with Gasteiger partial charge in [-0.1, -0.05) is 0 Å². The van der Waals surface area contributed by atoms with E-state index < -0.39 is 7.82 Å². The number of rotatable bonds is 0. The van der Waals surface area contributed by atoms with Crippen molar-refractivity contribution in [3.8, 4) is 0 Å². The summed E-state index contributed by atoms with van der Waals surface area (Å²) < 4.78 is 8.77. The summed E-state index contributed by atoms with van der Waals surface area (Å²) >= 11 is 0. The van der Waals surface area contributed by atoms with Gasteiger partial charge in [0.1, 0.15) is 0 Å². The predicted octanol–water partition coefficient (Wildman–Crippen LogP) is -4.94. The van der Waals surface area contributed by atoms with Crippen LogP contribution in [-0.4, -0.2) is 32.8 Å². The van der Waals surface area contributed by atoms with E-state index in [4.69, 9.17) is 19.2 Å². The van der Waals surface area contributed by atoms with Crippen LogP contribution in [0.15, 0.2) is 0 Å². The summed E-state index contributed by atoms with van der Waals surface area (Å²) in [6.07, 6.45) is 0. The van der Waals surface area contributed by atoms with E-state index in [1.165, 1.54) is 0 Å². The van der Waals surface area contributed by atoms with E-state index in [1.807, 2.05) is 0 Å². The molecule has 0 rings (SSSR count). The second-order valence-corrected chi connectivity index (χ2v) is 1.47. The van der Waals surface area contributed by atoms with Gasteiger partial charge in [-0.2, -0.15) is 0 Å². The van der Waals surface area contributed by atoms with E-state index >= 15 is 0 Å². The molecule has 0 radical (unpaired) electrons. The van der Waals surface area contributed by atoms with Crippen LogP contribution >= 0.6 is 7.82 Å². The minimum atomic E-state index is -4.89. The van der Waals surface area contributed by atoms with Gasteiger partial charge in [0.15, 0.2) is 0 Å². The molecule has 2 N–H and O–H groups in total. The van der Waals surface area contributed by atoms with Crippen molar-refractivity contribution in [2.24, 2.45) is 0 Å². The fourth-order valence-electron chi connectivity index (χ4n) is 0. The average molecular weight is 157 g/mol. The molecule has 0 saturated carbocycles. The molecule has 7 heavy (non-hydrogen) atoms. The Bertz CT molecular complexity index is 57.8. The van der Waals surface area contributed by atoms with Crippen LogP contribution < -0.4 is 17.3 Å². The largest absolute Gasteiger partial charge is 2.00 e. The first-order valence-electron chi connectivity index (χ1n) is 0.765. The quantitative estimate of drug-likeness (QED) is 0.272. The van der Waals surface area contributed by atoms with Crippen LogP contribution in [0.3, 0.4) is 0 Å². The molecule has 0 aliphatic rings. The van der Waals surface area contributed by atoms with Crippen molar-refractivity contribution in [2.45, 2.75) is 0 Å². The van der Waals surface area contributed by atoms with Gasteiger partial charge < -0.3 is 27.1 Å². The van der Waals surface area contributed by atoms with Gasteiger partial charge >= 0.3 is 23.1 Å². The molecular weight excluding hydrogens is 155 g/mol. The van der Waals surface area contributed by atoms with E-state index in [1.54, 1.807) is 0 Å². The van der Waals surface area contributed by atoms with Crippen molar-refractivity contribution < 1.29 is 31.7 Å². The van der Waals surface area contributed by atoms with Crippen LogP contribution in [0.5, 0.6) is 0 Å². The molecule has 0 aromatic rings. The molecule has 0 aromatic carbocycles. The SMILES string of the molecule is O=P([O-])(O)O.[Cl-].[Mg+2]. The van der Waals surface area contributed by atoms with Crippen molar-refractivity contribution in [3.63, 3.8) is 0 Å². The van der Waals surface area contributed by atoms with Gasteiger partial charge in [0.05, 0.1) is 0 Å². The Hall–Kier alpha value is 1.17. The van der Waals surface area contributed by atoms with Crippen LogP contribution in [0.25, 0.3) is 0 Å². The Morgan fingerprint density at radius 1 is 1.43 bits per heavy atom. The average Bonchev–Trinajstić information content (AvgIpc) is 0.722. The summed E-state index contributed by atoms with van der Waals surface area (Å²) in [5.41, 5.74) is 0. The summed E-state index contributed by atoms with van der Waals surface area (Å²) in [5.74, 6) is 0. The Morgan fingerprint density at radius 2 is 1.43 bits per heavy atom. The first kappa shape index (κ1) is 15.7. The number of hydrogen-bond donors (Lipinski definition) is 2. The summed E-state index contributed by atoms with van der Waals surface area (Å²) in [6.45, 7) is 0. The minimum absolute atomic E-state index is 0. The third-order valence-corrected chi connectivity index (χ3v) is 0. The maximum Gasteiger partial charge on any atom is 2.00 e. The summed E-state index contributed by atoms with van der Waals surface area (Å²) in [7, 11) is -4.89. The van der Waals surface area contributed by atoms with E-state index in [9.17, 15) is 0 Å². The fourth-order valence-corrected chi connectivity index (χ4v) is 0. The Labute approximate surface area is 62.7 Å². The molecule has 0 fully saturated rings. The zero-order valence-corrected chi connectivity index (χ0v) is 6.31. The topological polar surface area (TPSA) is 80.6 Å². The summed E-state index contributed by atoms with van der Waals surface area (Å²) in [5, 5.41) is 0. The minimum Gasteiger partial charge on any atom is -1.00 e. The Kier molecular flexibility index (Phi) is 11.9. The van der Waals surface area contributed by atoms with Crippen molar-refractivity contribution in [1.82, 2.24) is 0 Å². The van der Waals surface area contributed by atoms with Gasteiger partial charge in [-0.25, -0.2) is 0 Å². The van der Waals surface area contributed by atoms with Crippen LogP contribution in [0.1, 0.15) is 0 Å². The zero-order chi connectivity index (χ0) is 4.50. The number of hydrogen-bond acceptors (Lipinski definition) is 2. The summed E-state index contributed by atoms with van der Waals surface area (Å²) in [6, 6.07) is 0. The van der Waals surface area contributed by atoms with E-state index in [0.717, 1.165) is 0 Å². The molecule has 0 atom stereocenters. The number of phosphoric acid groups is 1. The van der Waals surface area contributed by atoms with Crippen LogP contribution in [0.4, 0.5) is 0 Å². The Balaban J connectivity index is -0.0000000800. The molecule has 0 aromatic heterocycles. The van der Waals surface area contributed by atoms with Crippen LogP contribution in [0, 0.1) is 0 Å². The molecule has 0 amide bonds. The van der Waals surface area contributed by atoms with E-state index in [2.05, 4.69) is 0 Å². The molecule has 0 bridgehead atoms. The van der Waals surface area contributed by atoms with Crippen molar-refractivity contribution in [3.05, 3.63) is 0 Å². The molecule has 0 saturated heterocycles. The fraction of sp³-hybridized carbons (Fsp3) is 0. The standard InChI is InChI=1S/ClH.Mg.H3O4P/c;;1-5(2,3)4/h1H;;(H3,1,2,3,4)/q;+2;/p-2. The number of halogens is 1. The van der Waals surface area contributed by atoms with Gasteiger partial charge in [-0.3, -0.25) is 4.57 Å². The van der Waals surface area contributed by atoms with Crippen molar-refractivity contribution in [2.75, 3.05) is 0 Å². The molecule has 0 aliphatic heterocycles. The van der Waals surface area contributed by atoms with Gasteiger partial charge in [0.25, 0.3) is 7.82 Å². The van der Waals surface area contributed by atoms with Gasteiger partial charge in [0.2, 0.25) is 0 Å². The van der Waals surface area contributed by atoms with E-state index in [-0.39, 0.29) is 35.5 Å². The van der Waals surface area contributed by atoms with Crippen LogP contribution in [0.2, 0.25) is 0 Å². The monoisotopic (exact) mass is 156 g/mol. The van der Waals surface area contributed by atoms with Gasteiger partial charge in [0, 0.05) is 0 Å². The van der Waals surface area contributed by atoms with Crippen LogP contribution in [-0.2, 0) is 4.57 Å². The van der Waals surface area contributed by atoms with Crippen molar-refractivity contribution in [1.29, 1.82) is 0 Å². The van der Waals surface area contributed by atoms with E-state index in [0.29, 0.717) is 0 Å². The summed E-state index contributed by atoms with van der Waals surface area (Å²) in [4.78, 5) is 22.9. The third-order valence-electron chi connectivity index (χ3n) is 0. The third kappa shape index (κ3) is 141. The molecule has 7 heteroatoms. The second kappa shape index (κ2) is 5.31. The molecule has 0 aliphatic carbocycles. The molecule has 40 valence electrons. The van der Waals surface area contributed by atoms with Gasteiger partial charge in [-0.15, -0.1) is 0 Å². The molecule has 0 unspecified atom stereocenters. The second-order valence-electron chi connectivity index (χ2n) is 0.491. The molecule has 0 spiro atoms. The first-order valence-corrected chi connectivity index (χ1v) is 2.30.